The monoisotopic (exact) mass is 564 g/mol. The second-order valence-corrected chi connectivity index (χ2v) is 10.5. The molecule has 0 bridgehead atoms. The van der Waals surface area contributed by atoms with Crippen LogP contribution in [0.4, 0.5) is 0 Å². The molecule has 1 aliphatic rings. The smallest absolute Gasteiger partial charge is 0.341 e. The normalized spacial score (nSPS) is 15.1. The van der Waals surface area contributed by atoms with E-state index < -0.39 is 24.6 Å². The lowest BCUT2D eigenvalue weighted by atomic mass is 9.93. The van der Waals surface area contributed by atoms with Crippen LogP contribution in [-0.2, 0) is 14.3 Å². The molecule has 0 radical (unpaired) electrons. The molecule has 1 aliphatic heterocycles. The van der Waals surface area contributed by atoms with Gasteiger partial charge in [0.25, 0.3) is 5.56 Å². The highest BCUT2D eigenvalue weighted by molar-refractivity contribution is 7.07. The first-order valence-corrected chi connectivity index (χ1v) is 13.9. The number of carboxylic acids is 1. The average Bonchev–Trinajstić information content (AvgIpc) is 3.21. The number of aromatic nitrogens is 1. The third kappa shape index (κ3) is 6.02. The lowest BCUT2D eigenvalue weighted by Crippen LogP contribution is -2.39. The Balaban J connectivity index is 1.85. The van der Waals surface area contributed by atoms with Crippen LogP contribution in [0.3, 0.4) is 0 Å². The van der Waals surface area contributed by atoms with Crippen LogP contribution in [-0.4, -0.2) is 41.4 Å². The number of hydrogen-bond donors (Lipinski definition) is 1. The molecule has 0 saturated carbocycles. The minimum Gasteiger partial charge on any atom is -0.490 e. The summed E-state index contributed by atoms with van der Waals surface area (Å²) in [4.78, 5) is 43.0. The number of ether oxygens (including phenoxy) is 3. The summed E-state index contributed by atoms with van der Waals surface area (Å²) in [7, 11) is 0. The number of nitrogens with zero attached hydrogens (tertiary/aromatic N) is 2. The van der Waals surface area contributed by atoms with Crippen molar-refractivity contribution in [1.82, 2.24) is 4.57 Å². The van der Waals surface area contributed by atoms with Crippen molar-refractivity contribution in [3.8, 4) is 11.5 Å². The number of allylic oxidation sites excluding steroid dienone is 1. The summed E-state index contributed by atoms with van der Waals surface area (Å²) in [6.45, 7) is 9.56. The number of rotatable bonds is 10. The Morgan fingerprint density at radius 2 is 1.80 bits per heavy atom. The second-order valence-electron chi connectivity index (χ2n) is 9.45. The van der Waals surface area contributed by atoms with Gasteiger partial charge in [-0.3, -0.25) is 9.36 Å². The highest BCUT2D eigenvalue weighted by atomic mass is 32.1. The van der Waals surface area contributed by atoms with E-state index in [0.717, 1.165) is 11.1 Å². The maximum Gasteiger partial charge on any atom is 0.341 e. The SMILES string of the molecule is CCOC(=O)C1=C(C)N=c2sc(=Cc3ccc(OCC(=O)O)c(OCC)c3)c(=O)n2C1c1ccc(C(C)C)cc1. The van der Waals surface area contributed by atoms with E-state index in [-0.39, 0.29) is 12.2 Å². The van der Waals surface area contributed by atoms with Gasteiger partial charge in [0.2, 0.25) is 0 Å². The Kier molecular flexibility index (Phi) is 8.89. The summed E-state index contributed by atoms with van der Waals surface area (Å²) in [5.41, 5.74) is 3.14. The molecule has 9 nitrogen and oxygen atoms in total. The Bertz CT molecular complexity index is 1630. The fraction of sp³-hybridized carbons (Fsp3) is 0.333. The molecule has 0 saturated heterocycles. The van der Waals surface area contributed by atoms with Crippen molar-refractivity contribution in [3.63, 3.8) is 0 Å². The third-order valence-corrected chi connectivity index (χ3v) is 7.34. The molecule has 4 rings (SSSR count). The van der Waals surface area contributed by atoms with Gasteiger partial charge in [-0.05, 0) is 61.6 Å². The van der Waals surface area contributed by atoms with Gasteiger partial charge in [0.15, 0.2) is 22.9 Å². The van der Waals surface area contributed by atoms with Crippen LogP contribution >= 0.6 is 11.3 Å². The van der Waals surface area contributed by atoms with Crippen molar-refractivity contribution in [2.45, 2.75) is 46.6 Å². The summed E-state index contributed by atoms with van der Waals surface area (Å²) in [6.07, 6.45) is 1.72. The van der Waals surface area contributed by atoms with Crippen LogP contribution in [0.1, 0.15) is 63.3 Å². The van der Waals surface area contributed by atoms with Crippen LogP contribution in [0, 0.1) is 0 Å². The summed E-state index contributed by atoms with van der Waals surface area (Å²) in [5.74, 6) is -0.607. The minimum absolute atomic E-state index is 0.202. The number of thiazole rings is 1. The van der Waals surface area contributed by atoms with Gasteiger partial charge in [0.1, 0.15) is 0 Å². The van der Waals surface area contributed by atoms with E-state index in [1.807, 2.05) is 31.2 Å². The van der Waals surface area contributed by atoms with Crippen molar-refractivity contribution in [2.75, 3.05) is 19.8 Å². The number of hydrogen-bond acceptors (Lipinski definition) is 8. The Labute approximate surface area is 235 Å². The van der Waals surface area contributed by atoms with E-state index in [9.17, 15) is 14.4 Å². The van der Waals surface area contributed by atoms with Gasteiger partial charge in [-0.1, -0.05) is 55.5 Å². The van der Waals surface area contributed by atoms with E-state index in [4.69, 9.17) is 19.3 Å². The molecule has 1 atom stereocenters. The van der Waals surface area contributed by atoms with Gasteiger partial charge < -0.3 is 19.3 Å². The summed E-state index contributed by atoms with van der Waals surface area (Å²) < 4.78 is 18.3. The predicted molar refractivity (Wildman–Crippen MR) is 152 cm³/mol. The van der Waals surface area contributed by atoms with Gasteiger partial charge >= 0.3 is 11.9 Å². The third-order valence-electron chi connectivity index (χ3n) is 6.35. The first kappa shape index (κ1) is 28.8. The molecule has 0 amide bonds. The largest absolute Gasteiger partial charge is 0.490 e. The van der Waals surface area contributed by atoms with Crippen LogP contribution in [0.5, 0.6) is 11.5 Å². The molecule has 210 valence electrons. The Morgan fingerprint density at radius 3 is 2.42 bits per heavy atom. The van der Waals surface area contributed by atoms with Crippen molar-refractivity contribution in [3.05, 3.63) is 90.1 Å². The molecule has 1 N–H and O–H groups in total. The first-order chi connectivity index (χ1) is 19.1. The summed E-state index contributed by atoms with van der Waals surface area (Å²) in [6, 6.07) is 12.2. The maximum atomic E-state index is 13.9. The Morgan fingerprint density at radius 1 is 1.07 bits per heavy atom. The molecule has 1 aromatic heterocycles. The maximum absolute atomic E-state index is 13.9. The molecule has 0 fully saturated rings. The van der Waals surface area contributed by atoms with Crippen LogP contribution < -0.4 is 24.4 Å². The summed E-state index contributed by atoms with van der Waals surface area (Å²) >= 11 is 1.22. The Hall–Kier alpha value is -4.18. The lowest BCUT2D eigenvalue weighted by molar-refractivity contribution is -0.140. The zero-order valence-electron chi connectivity index (χ0n) is 23.1. The standard InChI is InChI=1S/C30H32N2O7S/c1-6-37-23-14-19(8-13-22(23)39-16-25(33)34)15-24-28(35)32-27(21-11-9-20(10-12-21)17(3)4)26(29(36)38-7-2)18(5)31-30(32)40-24/h8-15,17,27H,6-7,16H2,1-5H3,(H,33,34). The number of carbonyl (C=O) groups is 2. The quantitative estimate of drug-likeness (QED) is 0.373. The highest BCUT2D eigenvalue weighted by Crippen LogP contribution is 2.32. The van der Waals surface area contributed by atoms with Gasteiger partial charge in [-0.15, -0.1) is 0 Å². The molecular formula is C30H32N2O7S. The fourth-order valence-corrected chi connectivity index (χ4v) is 5.51. The molecule has 0 spiro atoms. The topological polar surface area (TPSA) is 116 Å². The molecule has 40 heavy (non-hydrogen) atoms. The number of carbonyl (C=O) groups excluding carboxylic acids is 1. The number of aliphatic carboxylic acids is 1. The number of fused-ring (bicyclic) bond motifs is 1. The van der Waals surface area contributed by atoms with E-state index in [1.54, 1.807) is 42.7 Å². The van der Waals surface area contributed by atoms with E-state index >= 15 is 0 Å². The molecule has 2 aromatic carbocycles. The second kappa shape index (κ2) is 12.3. The van der Waals surface area contributed by atoms with Crippen molar-refractivity contribution in [2.24, 2.45) is 4.99 Å². The molecule has 1 unspecified atom stereocenters. The molecule has 3 aromatic rings. The molecular weight excluding hydrogens is 532 g/mol. The molecule has 2 heterocycles. The van der Waals surface area contributed by atoms with E-state index in [1.165, 1.54) is 11.3 Å². The summed E-state index contributed by atoms with van der Waals surface area (Å²) in [5, 5.41) is 8.95. The van der Waals surface area contributed by atoms with Crippen LogP contribution in [0.2, 0.25) is 0 Å². The number of carboxylic acid groups (broad SMARTS) is 1. The van der Waals surface area contributed by atoms with Gasteiger partial charge in [0, 0.05) is 0 Å². The van der Waals surface area contributed by atoms with Gasteiger partial charge in [0.05, 0.1) is 35.1 Å². The van der Waals surface area contributed by atoms with Crippen LogP contribution in [0.25, 0.3) is 6.08 Å². The first-order valence-electron chi connectivity index (χ1n) is 13.1. The van der Waals surface area contributed by atoms with Crippen molar-refractivity contribution < 1.29 is 28.9 Å². The minimum atomic E-state index is -1.10. The molecule has 0 aliphatic carbocycles. The van der Waals surface area contributed by atoms with Crippen molar-refractivity contribution in [1.29, 1.82) is 0 Å². The zero-order valence-corrected chi connectivity index (χ0v) is 23.9. The van der Waals surface area contributed by atoms with E-state index in [0.29, 0.717) is 50.2 Å². The lowest BCUT2D eigenvalue weighted by Gasteiger charge is -2.25. The van der Waals surface area contributed by atoms with E-state index in [2.05, 4.69) is 18.8 Å². The fourth-order valence-electron chi connectivity index (χ4n) is 4.46. The average molecular weight is 565 g/mol. The van der Waals surface area contributed by atoms with Crippen molar-refractivity contribution >= 4 is 29.4 Å². The predicted octanol–water partition coefficient (Wildman–Crippen LogP) is 3.78. The van der Waals surface area contributed by atoms with Crippen LogP contribution in [0.15, 0.2) is 63.5 Å². The molecule has 10 heteroatoms. The van der Waals surface area contributed by atoms with Gasteiger partial charge in [-0.2, -0.15) is 0 Å². The number of esters is 1. The van der Waals surface area contributed by atoms with Gasteiger partial charge in [-0.25, -0.2) is 14.6 Å². The number of benzene rings is 2. The highest BCUT2D eigenvalue weighted by Gasteiger charge is 2.33. The zero-order chi connectivity index (χ0) is 29.0.